The number of nitrogens with one attached hydrogen (secondary N) is 2. The molecule has 0 unspecified atom stereocenters. The maximum atomic E-state index is 12.1. The molecule has 0 atom stereocenters. The predicted octanol–water partition coefficient (Wildman–Crippen LogP) is 2.93. The molecule has 0 saturated heterocycles. The number of nitrogens with zero attached hydrogens (tertiary/aromatic N) is 4. The maximum absolute atomic E-state index is 12.1. The van der Waals surface area contributed by atoms with Gasteiger partial charge in [-0.2, -0.15) is 0 Å². The first-order valence-corrected chi connectivity index (χ1v) is 9.53. The van der Waals surface area contributed by atoms with Crippen LogP contribution in [0.25, 0.3) is 11.4 Å². The van der Waals surface area contributed by atoms with Crippen molar-refractivity contribution in [3.05, 3.63) is 53.9 Å². The first-order chi connectivity index (χ1) is 13.4. The van der Waals surface area contributed by atoms with E-state index in [1.807, 2.05) is 45.2 Å². The normalized spacial score (nSPS) is 10.5. The minimum atomic E-state index is -0.565. The lowest BCUT2D eigenvalue weighted by molar-refractivity contribution is -0.117. The van der Waals surface area contributed by atoms with Crippen LogP contribution in [0.3, 0.4) is 0 Å². The zero-order valence-corrected chi connectivity index (χ0v) is 16.6. The Morgan fingerprint density at radius 1 is 1.07 bits per heavy atom. The molecule has 0 bridgehead atoms. The molecule has 0 aliphatic carbocycles. The molecule has 3 rings (SSSR count). The van der Waals surface area contributed by atoms with Crippen LogP contribution in [-0.2, 0) is 11.8 Å². The summed E-state index contributed by atoms with van der Waals surface area (Å²) in [4.78, 5) is 28.0. The van der Waals surface area contributed by atoms with Crippen molar-refractivity contribution >= 4 is 29.4 Å². The zero-order valence-electron chi connectivity index (χ0n) is 15.8. The summed E-state index contributed by atoms with van der Waals surface area (Å²) in [5.74, 6) is 0.306. The van der Waals surface area contributed by atoms with Crippen LogP contribution in [0.1, 0.15) is 11.1 Å². The summed E-state index contributed by atoms with van der Waals surface area (Å²) in [5, 5.41) is 13.8. The highest BCUT2D eigenvalue weighted by Gasteiger charge is 2.14. The lowest BCUT2D eigenvalue weighted by atomic mass is 10.1. The summed E-state index contributed by atoms with van der Waals surface area (Å²) in [6.45, 7) is 3.95. The fraction of sp³-hybridized carbons (Fsp3) is 0.211. The standard InChI is InChI=1S/C19H20N6O2S/c1-12-4-5-15(10-13(12)2)21-18(27)22-16(26)11-28-19-24-23-17(25(19)3)14-6-8-20-9-7-14/h4-10H,11H2,1-3H3,(H2,21,22,26,27). The van der Waals surface area contributed by atoms with Gasteiger partial charge >= 0.3 is 6.03 Å². The summed E-state index contributed by atoms with van der Waals surface area (Å²) in [6, 6.07) is 8.67. The monoisotopic (exact) mass is 396 g/mol. The molecule has 0 fully saturated rings. The summed E-state index contributed by atoms with van der Waals surface area (Å²) in [5.41, 5.74) is 3.71. The van der Waals surface area contributed by atoms with E-state index in [9.17, 15) is 9.59 Å². The molecular formula is C19H20N6O2S. The number of aryl methyl sites for hydroxylation is 2. The highest BCUT2D eigenvalue weighted by atomic mass is 32.2. The van der Waals surface area contributed by atoms with Crippen LogP contribution in [0.5, 0.6) is 0 Å². The average molecular weight is 396 g/mol. The number of hydrogen-bond donors (Lipinski definition) is 2. The van der Waals surface area contributed by atoms with Gasteiger partial charge in [0.25, 0.3) is 0 Å². The minimum absolute atomic E-state index is 0.0443. The highest BCUT2D eigenvalue weighted by molar-refractivity contribution is 7.99. The largest absolute Gasteiger partial charge is 0.325 e. The van der Waals surface area contributed by atoms with Gasteiger partial charge in [0.15, 0.2) is 11.0 Å². The van der Waals surface area contributed by atoms with E-state index in [0.717, 1.165) is 16.7 Å². The van der Waals surface area contributed by atoms with Gasteiger partial charge in [-0.1, -0.05) is 17.8 Å². The van der Waals surface area contributed by atoms with Crippen molar-refractivity contribution in [1.29, 1.82) is 0 Å². The number of pyridine rings is 1. The van der Waals surface area contributed by atoms with Gasteiger partial charge in [0, 0.05) is 30.7 Å². The molecule has 1 aromatic carbocycles. The molecular weight excluding hydrogens is 376 g/mol. The third kappa shape index (κ3) is 4.74. The van der Waals surface area contributed by atoms with Crippen LogP contribution in [-0.4, -0.2) is 37.4 Å². The average Bonchev–Trinajstić information content (AvgIpc) is 3.04. The van der Waals surface area contributed by atoms with Crippen molar-refractivity contribution in [2.24, 2.45) is 7.05 Å². The van der Waals surface area contributed by atoms with E-state index >= 15 is 0 Å². The Bertz CT molecular complexity index is 1000. The second-order valence-electron chi connectivity index (χ2n) is 6.19. The van der Waals surface area contributed by atoms with Crippen LogP contribution >= 0.6 is 11.8 Å². The summed E-state index contributed by atoms with van der Waals surface area (Å²) in [6.07, 6.45) is 3.36. The van der Waals surface area contributed by atoms with E-state index < -0.39 is 11.9 Å². The van der Waals surface area contributed by atoms with Crippen LogP contribution in [0.15, 0.2) is 47.9 Å². The number of hydrogen-bond acceptors (Lipinski definition) is 6. The van der Waals surface area contributed by atoms with Gasteiger partial charge in [0.05, 0.1) is 5.75 Å². The van der Waals surface area contributed by atoms with E-state index in [-0.39, 0.29) is 5.75 Å². The third-order valence-corrected chi connectivity index (χ3v) is 5.14. The molecule has 144 valence electrons. The van der Waals surface area contributed by atoms with Gasteiger partial charge in [-0.15, -0.1) is 10.2 Å². The Morgan fingerprint density at radius 2 is 1.82 bits per heavy atom. The van der Waals surface area contributed by atoms with Crippen molar-refractivity contribution in [2.45, 2.75) is 19.0 Å². The van der Waals surface area contributed by atoms with Gasteiger partial charge in [-0.05, 0) is 49.2 Å². The third-order valence-electron chi connectivity index (χ3n) is 4.12. The van der Waals surface area contributed by atoms with Crippen LogP contribution in [0.2, 0.25) is 0 Å². The van der Waals surface area contributed by atoms with Gasteiger partial charge in [-0.25, -0.2) is 4.79 Å². The second kappa shape index (κ2) is 8.66. The number of carbonyl (C=O) groups is 2. The molecule has 9 heteroatoms. The van der Waals surface area contributed by atoms with Gasteiger partial charge in [0.1, 0.15) is 0 Å². The number of benzene rings is 1. The van der Waals surface area contributed by atoms with Crippen LogP contribution < -0.4 is 10.6 Å². The van der Waals surface area contributed by atoms with E-state index in [1.54, 1.807) is 23.0 Å². The molecule has 8 nitrogen and oxygen atoms in total. The maximum Gasteiger partial charge on any atom is 0.325 e. The number of anilines is 1. The quantitative estimate of drug-likeness (QED) is 0.643. The molecule has 3 aromatic rings. The fourth-order valence-electron chi connectivity index (χ4n) is 2.47. The van der Waals surface area contributed by atoms with Crippen molar-refractivity contribution in [2.75, 3.05) is 11.1 Å². The predicted molar refractivity (Wildman–Crippen MR) is 108 cm³/mol. The number of thioether (sulfide) groups is 1. The van der Waals surface area contributed by atoms with E-state index in [0.29, 0.717) is 16.7 Å². The van der Waals surface area contributed by atoms with Crippen molar-refractivity contribution in [1.82, 2.24) is 25.1 Å². The lowest BCUT2D eigenvalue weighted by Gasteiger charge is -2.08. The Morgan fingerprint density at radius 3 is 2.54 bits per heavy atom. The van der Waals surface area contributed by atoms with Crippen molar-refractivity contribution in [3.63, 3.8) is 0 Å². The number of aromatic nitrogens is 4. The molecule has 2 heterocycles. The zero-order chi connectivity index (χ0) is 20.1. The molecule has 28 heavy (non-hydrogen) atoms. The van der Waals surface area contributed by atoms with E-state index in [1.165, 1.54) is 11.8 Å². The van der Waals surface area contributed by atoms with Crippen molar-refractivity contribution < 1.29 is 9.59 Å². The summed E-state index contributed by atoms with van der Waals surface area (Å²) >= 11 is 1.21. The highest BCUT2D eigenvalue weighted by Crippen LogP contribution is 2.21. The minimum Gasteiger partial charge on any atom is -0.308 e. The fourth-order valence-corrected chi connectivity index (χ4v) is 3.18. The number of rotatable bonds is 5. The van der Waals surface area contributed by atoms with Gasteiger partial charge < -0.3 is 9.88 Å². The molecule has 0 aliphatic rings. The van der Waals surface area contributed by atoms with Crippen LogP contribution in [0, 0.1) is 13.8 Å². The number of urea groups is 1. The summed E-state index contributed by atoms with van der Waals surface area (Å²) < 4.78 is 1.79. The number of amides is 3. The molecule has 0 radical (unpaired) electrons. The lowest BCUT2D eigenvalue weighted by Crippen LogP contribution is -2.35. The van der Waals surface area contributed by atoms with Crippen LogP contribution in [0.4, 0.5) is 10.5 Å². The molecule has 2 N–H and O–H groups in total. The van der Waals surface area contributed by atoms with Gasteiger partial charge in [-0.3, -0.25) is 15.1 Å². The Labute approximate surface area is 166 Å². The first kappa shape index (κ1) is 19.6. The molecule has 2 aromatic heterocycles. The number of imide groups is 1. The first-order valence-electron chi connectivity index (χ1n) is 8.54. The molecule has 0 saturated carbocycles. The van der Waals surface area contributed by atoms with E-state index in [2.05, 4.69) is 25.8 Å². The Hall–Kier alpha value is -3.20. The SMILES string of the molecule is Cc1ccc(NC(=O)NC(=O)CSc2nnc(-c3ccncc3)n2C)cc1C. The van der Waals surface area contributed by atoms with Crippen molar-refractivity contribution in [3.8, 4) is 11.4 Å². The topological polar surface area (TPSA) is 102 Å². The van der Waals surface area contributed by atoms with E-state index in [4.69, 9.17) is 0 Å². The number of carbonyl (C=O) groups excluding carboxylic acids is 2. The molecule has 0 spiro atoms. The Kier molecular flexibility index (Phi) is 6.05. The second-order valence-corrected chi connectivity index (χ2v) is 7.13. The molecule has 3 amide bonds. The van der Waals surface area contributed by atoms with Gasteiger partial charge in [0.2, 0.25) is 5.91 Å². The smallest absolute Gasteiger partial charge is 0.308 e. The Balaban J connectivity index is 1.53. The molecule has 0 aliphatic heterocycles. The summed E-state index contributed by atoms with van der Waals surface area (Å²) in [7, 11) is 1.82.